The Morgan fingerprint density at radius 2 is 1.56 bits per heavy atom. The van der Waals surface area contributed by atoms with Crippen LogP contribution in [-0.2, 0) is 16.1 Å². The van der Waals surface area contributed by atoms with Crippen molar-refractivity contribution in [3.8, 4) is 5.75 Å². The second kappa shape index (κ2) is 12.7. The minimum Gasteiger partial charge on any atom is -0.494 e. The van der Waals surface area contributed by atoms with Gasteiger partial charge in [0.15, 0.2) is 0 Å². The first-order valence-corrected chi connectivity index (χ1v) is 12.2. The molecule has 0 spiro atoms. The summed E-state index contributed by atoms with van der Waals surface area (Å²) in [5, 5.41) is 8.98. The van der Waals surface area contributed by atoms with Crippen molar-refractivity contribution in [1.82, 2.24) is 4.90 Å². The van der Waals surface area contributed by atoms with Crippen LogP contribution in [0.2, 0.25) is 0 Å². The minimum atomic E-state index is -0.226. The van der Waals surface area contributed by atoms with Gasteiger partial charge < -0.3 is 25.4 Å². The van der Waals surface area contributed by atoms with Crippen molar-refractivity contribution in [3.63, 3.8) is 0 Å². The molecule has 0 unspecified atom stereocenters. The average molecular weight is 489 g/mol. The Bertz CT molecular complexity index is 1140. The van der Waals surface area contributed by atoms with E-state index in [0.717, 1.165) is 49.8 Å². The fourth-order valence-electron chi connectivity index (χ4n) is 3.92. The highest BCUT2D eigenvalue weighted by molar-refractivity contribution is 6.04. The van der Waals surface area contributed by atoms with E-state index in [2.05, 4.69) is 26.9 Å². The van der Waals surface area contributed by atoms with E-state index in [1.54, 1.807) is 36.4 Å². The summed E-state index contributed by atoms with van der Waals surface area (Å²) in [7, 11) is 0. The molecule has 36 heavy (non-hydrogen) atoms. The van der Waals surface area contributed by atoms with Gasteiger partial charge in [-0.3, -0.25) is 14.5 Å². The number of nitrogens with zero attached hydrogens (tertiary/aromatic N) is 1. The summed E-state index contributed by atoms with van der Waals surface area (Å²) in [5.74, 6) is 0.365. The lowest BCUT2D eigenvalue weighted by atomic mass is 10.1. The molecule has 1 aliphatic heterocycles. The fourth-order valence-corrected chi connectivity index (χ4v) is 3.92. The molecule has 2 amide bonds. The van der Waals surface area contributed by atoms with E-state index in [1.165, 1.54) is 0 Å². The summed E-state index contributed by atoms with van der Waals surface area (Å²) in [6.45, 7) is 6.78. The summed E-state index contributed by atoms with van der Waals surface area (Å²) in [6.07, 6.45) is 0. The molecule has 4 rings (SSSR count). The number of carbonyl (C=O) groups excluding carboxylic acids is 2. The molecular weight excluding hydrogens is 456 g/mol. The van der Waals surface area contributed by atoms with Crippen molar-refractivity contribution < 1.29 is 19.1 Å². The molecule has 8 heteroatoms. The number of ether oxygens (including phenoxy) is 2. The predicted molar refractivity (Wildman–Crippen MR) is 142 cm³/mol. The zero-order valence-corrected chi connectivity index (χ0v) is 20.5. The summed E-state index contributed by atoms with van der Waals surface area (Å²) in [4.78, 5) is 27.4. The van der Waals surface area contributed by atoms with Crippen LogP contribution in [0.1, 0.15) is 22.8 Å². The lowest BCUT2D eigenvalue weighted by Crippen LogP contribution is -2.35. The Labute approximate surface area is 211 Å². The summed E-state index contributed by atoms with van der Waals surface area (Å²) < 4.78 is 10.8. The number of amides is 2. The van der Waals surface area contributed by atoms with E-state index in [0.29, 0.717) is 23.5 Å². The van der Waals surface area contributed by atoms with E-state index in [4.69, 9.17) is 9.47 Å². The Morgan fingerprint density at radius 1 is 0.889 bits per heavy atom. The third-order valence-corrected chi connectivity index (χ3v) is 5.81. The average Bonchev–Trinajstić information content (AvgIpc) is 2.90. The molecule has 3 aromatic rings. The maximum absolute atomic E-state index is 12.5. The van der Waals surface area contributed by atoms with E-state index in [1.807, 2.05) is 37.3 Å². The molecule has 188 valence electrons. The topological polar surface area (TPSA) is 91.9 Å². The Kier molecular flexibility index (Phi) is 8.91. The number of anilines is 3. The van der Waals surface area contributed by atoms with Crippen LogP contribution in [0.25, 0.3) is 0 Å². The molecule has 0 saturated carbocycles. The van der Waals surface area contributed by atoms with E-state index in [-0.39, 0.29) is 18.4 Å². The van der Waals surface area contributed by atoms with Gasteiger partial charge in [0, 0.05) is 42.3 Å². The van der Waals surface area contributed by atoms with Gasteiger partial charge in [0.1, 0.15) is 5.75 Å². The maximum Gasteiger partial charge on any atom is 0.255 e. The molecule has 0 radical (unpaired) electrons. The number of rotatable bonds is 10. The van der Waals surface area contributed by atoms with Gasteiger partial charge in [-0.1, -0.05) is 18.2 Å². The Hall–Kier alpha value is -3.88. The zero-order chi connectivity index (χ0) is 25.2. The minimum absolute atomic E-state index is 0.139. The number of carbonyl (C=O) groups is 2. The molecule has 1 aliphatic rings. The second-order valence-electron chi connectivity index (χ2n) is 8.44. The summed E-state index contributed by atoms with van der Waals surface area (Å²) >= 11 is 0. The van der Waals surface area contributed by atoms with Gasteiger partial charge >= 0.3 is 0 Å². The molecule has 1 heterocycles. The molecule has 8 nitrogen and oxygen atoms in total. The van der Waals surface area contributed by atoms with Gasteiger partial charge in [-0.05, 0) is 67.1 Å². The largest absolute Gasteiger partial charge is 0.494 e. The van der Waals surface area contributed by atoms with Gasteiger partial charge in [-0.25, -0.2) is 0 Å². The van der Waals surface area contributed by atoms with Crippen LogP contribution in [0.5, 0.6) is 5.75 Å². The summed E-state index contributed by atoms with van der Waals surface area (Å²) in [6, 6.07) is 22.1. The predicted octanol–water partition coefficient (Wildman–Crippen LogP) is 4.22. The van der Waals surface area contributed by atoms with Crippen LogP contribution in [0.3, 0.4) is 0 Å². The molecule has 1 fully saturated rings. The highest BCUT2D eigenvalue weighted by Crippen LogP contribution is 2.19. The molecular formula is C28H32N4O4. The first-order chi connectivity index (χ1) is 17.6. The number of nitrogens with one attached hydrogen (secondary N) is 3. The van der Waals surface area contributed by atoms with Crippen LogP contribution in [0.4, 0.5) is 17.1 Å². The van der Waals surface area contributed by atoms with Gasteiger partial charge in [-0.15, -0.1) is 0 Å². The highest BCUT2D eigenvalue weighted by atomic mass is 16.5. The number of para-hydroxylation sites is 1. The monoisotopic (exact) mass is 488 g/mol. The van der Waals surface area contributed by atoms with Crippen molar-refractivity contribution in [2.24, 2.45) is 0 Å². The third kappa shape index (κ3) is 7.31. The van der Waals surface area contributed by atoms with Gasteiger partial charge in [-0.2, -0.15) is 0 Å². The lowest BCUT2D eigenvalue weighted by Gasteiger charge is -2.27. The van der Waals surface area contributed by atoms with Gasteiger partial charge in [0.25, 0.3) is 5.91 Å². The van der Waals surface area contributed by atoms with Crippen molar-refractivity contribution in [2.45, 2.75) is 13.5 Å². The third-order valence-electron chi connectivity index (χ3n) is 5.81. The standard InChI is InChI=1S/C28H32N4O4/c1-2-36-25-13-11-24(12-14-25)31-28(34)21-7-9-23(10-8-21)30-27(33)19-29-26-6-4-3-5-22(26)20-32-15-17-35-18-16-32/h3-14,29H,2,15-20H2,1H3,(H,30,33)(H,31,34). The van der Waals surface area contributed by atoms with Crippen LogP contribution < -0.4 is 20.7 Å². The lowest BCUT2D eigenvalue weighted by molar-refractivity contribution is -0.114. The number of hydrogen-bond donors (Lipinski definition) is 3. The normalized spacial score (nSPS) is 13.6. The first kappa shape index (κ1) is 25.2. The van der Waals surface area contributed by atoms with Gasteiger partial charge in [0.05, 0.1) is 26.4 Å². The number of hydrogen-bond acceptors (Lipinski definition) is 6. The van der Waals surface area contributed by atoms with E-state index < -0.39 is 0 Å². The molecule has 0 aromatic heterocycles. The highest BCUT2D eigenvalue weighted by Gasteiger charge is 2.13. The maximum atomic E-state index is 12.5. The fraction of sp³-hybridized carbons (Fsp3) is 0.286. The molecule has 0 atom stereocenters. The summed E-state index contributed by atoms with van der Waals surface area (Å²) in [5.41, 5.74) is 3.90. The van der Waals surface area contributed by atoms with Gasteiger partial charge in [0.2, 0.25) is 5.91 Å². The molecule has 3 N–H and O–H groups in total. The first-order valence-electron chi connectivity index (χ1n) is 12.2. The van der Waals surface area contributed by atoms with Crippen molar-refractivity contribution in [3.05, 3.63) is 83.9 Å². The molecule has 1 saturated heterocycles. The SMILES string of the molecule is CCOc1ccc(NC(=O)c2ccc(NC(=O)CNc3ccccc3CN3CCOCC3)cc2)cc1. The zero-order valence-electron chi connectivity index (χ0n) is 20.5. The molecule has 0 bridgehead atoms. The Morgan fingerprint density at radius 3 is 2.28 bits per heavy atom. The Balaban J connectivity index is 1.26. The van der Waals surface area contributed by atoms with E-state index >= 15 is 0 Å². The van der Waals surface area contributed by atoms with Crippen LogP contribution >= 0.6 is 0 Å². The van der Waals surface area contributed by atoms with Crippen molar-refractivity contribution in [1.29, 1.82) is 0 Å². The molecule has 0 aliphatic carbocycles. The van der Waals surface area contributed by atoms with Crippen molar-refractivity contribution in [2.75, 3.05) is 55.4 Å². The quantitative estimate of drug-likeness (QED) is 0.396. The molecule has 3 aromatic carbocycles. The number of benzene rings is 3. The smallest absolute Gasteiger partial charge is 0.255 e. The van der Waals surface area contributed by atoms with E-state index in [9.17, 15) is 9.59 Å². The number of morpholine rings is 1. The second-order valence-corrected chi connectivity index (χ2v) is 8.44. The van der Waals surface area contributed by atoms with Crippen LogP contribution in [0.15, 0.2) is 72.8 Å². The van der Waals surface area contributed by atoms with Crippen LogP contribution in [0, 0.1) is 0 Å². The van der Waals surface area contributed by atoms with Crippen LogP contribution in [-0.4, -0.2) is 56.2 Å². The van der Waals surface area contributed by atoms with Crippen molar-refractivity contribution >= 4 is 28.9 Å².